The van der Waals surface area contributed by atoms with E-state index < -0.39 is 22.7 Å². The number of carbonyl (C=O) groups excluding carboxylic acids is 2. The Kier molecular flexibility index (Phi) is 3.55. The van der Waals surface area contributed by atoms with Crippen molar-refractivity contribution in [3.05, 3.63) is 20.8 Å². The third kappa shape index (κ3) is 3.02. The molecule has 0 atom stereocenters. The van der Waals surface area contributed by atoms with Crippen LogP contribution in [0.3, 0.4) is 0 Å². The first-order valence-corrected chi connectivity index (χ1v) is 4.66. The molecule has 1 aromatic rings. The molecule has 0 aromatic carbocycles. The molecule has 0 saturated heterocycles. The third-order valence-electron chi connectivity index (χ3n) is 1.44. The molecular formula is C6H6BrN5O4. The number of carbonyl (C=O) groups is 2. The summed E-state index contributed by atoms with van der Waals surface area (Å²) in [7, 11) is 0. The Morgan fingerprint density at radius 3 is 2.75 bits per heavy atom. The topological polar surface area (TPSA) is 133 Å². The number of nitro groups is 1. The smallest absolute Gasteiger partial charge is 0.358 e. The maximum Gasteiger partial charge on any atom is 0.404 e. The Morgan fingerprint density at radius 2 is 2.31 bits per heavy atom. The monoisotopic (exact) mass is 291 g/mol. The van der Waals surface area contributed by atoms with Crippen molar-refractivity contribution in [2.75, 3.05) is 0 Å². The van der Waals surface area contributed by atoms with Gasteiger partial charge in [-0.3, -0.25) is 10.1 Å². The zero-order valence-electron chi connectivity index (χ0n) is 7.71. The molecule has 16 heavy (non-hydrogen) atoms. The van der Waals surface area contributed by atoms with E-state index in [1.54, 1.807) is 5.32 Å². The lowest BCUT2D eigenvalue weighted by molar-refractivity contribution is -0.390. The fourth-order valence-electron chi connectivity index (χ4n) is 0.916. The van der Waals surface area contributed by atoms with Crippen LogP contribution in [0.4, 0.5) is 10.6 Å². The largest absolute Gasteiger partial charge is 0.404 e. The summed E-state index contributed by atoms with van der Waals surface area (Å²) in [4.78, 5) is 31.1. The highest BCUT2D eigenvalue weighted by Gasteiger charge is 2.20. The van der Waals surface area contributed by atoms with E-state index in [1.165, 1.54) is 6.20 Å². The van der Waals surface area contributed by atoms with Gasteiger partial charge in [-0.2, -0.15) is 4.68 Å². The van der Waals surface area contributed by atoms with Crippen LogP contribution >= 0.6 is 15.9 Å². The Balaban J connectivity index is 2.75. The molecule has 1 heterocycles. The molecule has 0 bridgehead atoms. The zero-order chi connectivity index (χ0) is 12.3. The second-order valence-electron chi connectivity index (χ2n) is 2.67. The predicted octanol–water partition coefficient (Wildman–Crippen LogP) is -0.251. The van der Waals surface area contributed by atoms with Crippen LogP contribution in [0.15, 0.2) is 10.7 Å². The number of hydrogen-bond acceptors (Lipinski definition) is 5. The van der Waals surface area contributed by atoms with Crippen LogP contribution in [-0.4, -0.2) is 26.6 Å². The van der Waals surface area contributed by atoms with Crippen molar-refractivity contribution in [1.82, 2.24) is 15.1 Å². The standard InChI is InChI=1S/C6H6BrN5O4/c7-3-1-11(10-5(3)12(15)16)2-4(13)9-6(8)14/h1H,2H2,(H3,8,9,13,14). The molecule has 3 amide bonds. The van der Waals surface area contributed by atoms with Gasteiger partial charge >= 0.3 is 11.8 Å². The third-order valence-corrected chi connectivity index (χ3v) is 2.00. The summed E-state index contributed by atoms with van der Waals surface area (Å²) >= 11 is 2.91. The molecule has 0 aliphatic heterocycles. The lowest BCUT2D eigenvalue weighted by Gasteiger charge is -1.96. The first kappa shape index (κ1) is 12.1. The van der Waals surface area contributed by atoms with Crippen LogP contribution in [0.5, 0.6) is 0 Å². The molecule has 3 N–H and O–H groups in total. The number of nitrogens with one attached hydrogen (secondary N) is 1. The summed E-state index contributed by atoms with van der Waals surface area (Å²) in [6.45, 7) is -0.338. The van der Waals surface area contributed by atoms with Gasteiger partial charge in [-0.1, -0.05) is 0 Å². The van der Waals surface area contributed by atoms with Crippen molar-refractivity contribution < 1.29 is 14.5 Å². The lowest BCUT2D eigenvalue weighted by Crippen LogP contribution is -2.37. The molecule has 0 aliphatic rings. The SMILES string of the molecule is NC(=O)NC(=O)Cn1cc(Br)c([N+](=O)[O-])n1. The van der Waals surface area contributed by atoms with Crippen LogP contribution in [-0.2, 0) is 11.3 Å². The zero-order valence-corrected chi connectivity index (χ0v) is 9.30. The second kappa shape index (κ2) is 4.70. The maximum atomic E-state index is 11.1. The van der Waals surface area contributed by atoms with Crippen LogP contribution in [0, 0.1) is 10.1 Å². The first-order chi connectivity index (χ1) is 7.40. The Labute approximate surface area is 96.9 Å². The van der Waals surface area contributed by atoms with Gasteiger partial charge in [-0.25, -0.2) is 4.79 Å². The minimum atomic E-state index is -0.995. The summed E-state index contributed by atoms with van der Waals surface area (Å²) in [6.07, 6.45) is 1.25. The molecule has 10 heteroatoms. The number of nitrogens with two attached hydrogens (primary N) is 1. The highest BCUT2D eigenvalue weighted by atomic mass is 79.9. The molecule has 1 aromatic heterocycles. The van der Waals surface area contributed by atoms with E-state index in [9.17, 15) is 19.7 Å². The number of nitrogens with zero attached hydrogens (tertiary/aromatic N) is 3. The maximum absolute atomic E-state index is 11.1. The number of hydrogen-bond donors (Lipinski definition) is 2. The minimum absolute atomic E-state index is 0.143. The van der Waals surface area contributed by atoms with Gasteiger partial charge in [-0.05, 0) is 20.9 Å². The predicted molar refractivity (Wildman–Crippen MR) is 54.3 cm³/mol. The quantitative estimate of drug-likeness (QED) is 0.585. The van der Waals surface area contributed by atoms with E-state index >= 15 is 0 Å². The van der Waals surface area contributed by atoms with Crippen molar-refractivity contribution in [3.8, 4) is 0 Å². The van der Waals surface area contributed by atoms with E-state index in [4.69, 9.17) is 5.73 Å². The van der Waals surface area contributed by atoms with E-state index in [2.05, 4.69) is 21.0 Å². The molecule has 0 spiro atoms. The Hall–Kier alpha value is -1.97. The van der Waals surface area contributed by atoms with Gasteiger partial charge in [0.15, 0.2) is 0 Å². The van der Waals surface area contributed by atoms with Gasteiger partial charge < -0.3 is 15.8 Å². The van der Waals surface area contributed by atoms with Crippen molar-refractivity contribution in [2.45, 2.75) is 6.54 Å². The molecule has 1 rings (SSSR count). The van der Waals surface area contributed by atoms with E-state index in [-0.39, 0.29) is 11.0 Å². The number of primary amides is 1. The van der Waals surface area contributed by atoms with Gasteiger partial charge in [0.2, 0.25) is 0 Å². The van der Waals surface area contributed by atoms with Crippen LogP contribution in [0.25, 0.3) is 0 Å². The summed E-state index contributed by atoms with van der Waals surface area (Å²) in [5.74, 6) is -1.12. The van der Waals surface area contributed by atoms with Crippen molar-refractivity contribution >= 4 is 33.7 Å². The van der Waals surface area contributed by atoms with E-state index in [0.29, 0.717) is 0 Å². The average Bonchev–Trinajstić information content (AvgIpc) is 2.44. The minimum Gasteiger partial charge on any atom is -0.358 e. The van der Waals surface area contributed by atoms with Crippen LogP contribution in [0.1, 0.15) is 0 Å². The van der Waals surface area contributed by atoms with Crippen LogP contribution < -0.4 is 11.1 Å². The molecule has 0 unspecified atom stereocenters. The summed E-state index contributed by atoms with van der Waals surface area (Å²) < 4.78 is 1.16. The summed E-state index contributed by atoms with van der Waals surface area (Å²) in [5.41, 5.74) is 4.71. The summed E-state index contributed by atoms with van der Waals surface area (Å²) in [5, 5.41) is 15.7. The number of urea groups is 1. The first-order valence-electron chi connectivity index (χ1n) is 3.86. The molecule has 9 nitrogen and oxygen atoms in total. The van der Waals surface area contributed by atoms with Gasteiger partial charge in [-0.15, -0.1) is 0 Å². The molecule has 0 saturated carbocycles. The van der Waals surface area contributed by atoms with Gasteiger partial charge in [0.05, 0.1) is 11.3 Å². The molecule has 0 aliphatic carbocycles. The highest BCUT2D eigenvalue weighted by molar-refractivity contribution is 9.10. The number of rotatable bonds is 3. The Morgan fingerprint density at radius 1 is 1.69 bits per heavy atom. The normalized spacial score (nSPS) is 9.81. The molecule has 0 radical (unpaired) electrons. The number of halogens is 1. The van der Waals surface area contributed by atoms with Gasteiger partial charge in [0, 0.05) is 0 Å². The van der Waals surface area contributed by atoms with Gasteiger partial charge in [0.1, 0.15) is 11.0 Å². The number of aromatic nitrogens is 2. The van der Waals surface area contributed by atoms with Crippen molar-refractivity contribution in [1.29, 1.82) is 0 Å². The second-order valence-corrected chi connectivity index (χ2v) is 3.52. The molecular weight excluding hydrogens is 286 g/mol. The lowest BCUT2D eigenvalue weighted by atomic mass is 10.6. The summed E-state index contributed by atoms with van der Waals surface area (Å²) in [6, 6.07) is -0.995. The van der Waals surface area contributed by atoms with Crippen LogP contribution in [0.2, 0.25) is 0 Å². The van der Waals surface area contributed by atoms with E-state index in [1.807, 2.05) is 0 Å². The fraction of sp³-hybridized carbons (Fsp3) is 0.167. The number of amides is 3. The Bertz CT molecular complexity index is 456. The molecule has 86 valence electrons. The molecule has 0 fully saturated rings. The van der Waals surface area contributed by atoms with E-state index in [0.717, 1.165) is 4.68 Å². The average molecular weight is 292 g/mol. The van der Waals surface area contributed by atoms with Gasteiger partial charge in [0.25, 0.3) is 5.91 Å². The van der Waals surface area contributed by atoms with Crippen molar-refractivity contribution in [2.24, 2.45) is 5.73 Å². The fourth-order valence-corrected chi connectivity index (χ4v) is 1.38. The number of imide groups is 1. The highest BCUT2D eigenvalue weighted by Crippen LogP contribution is 2.21. The van der Waals surface area contributed by atoms with Crippen molar-refractivity contribution in [3.63, 3.8) is 0 Å².